The van der Waals surface area contributed by atoms with E-state index in [0.717, 1.165) is 25.9 Å². The molecule has 1 amide bonds. The minimum absolute atomic E-state index is 0.0139. The average Bonchev–Trinajstić information content (AvgIpc) is 2.53. The molecule has 0 saturated carbocycles. The zero-order valence-electron chi connectivity index (χ0n) is 12.9. The van der Waals surface area contributed by atoms with Gasteiger partial charge in [-0.1, -0.05) is 23.7 Å². The number of amides is 1. The predicted molar refractivity (Wildman–Crippen MR) is 86.4 cm³/mol. The number of rotatable bonds is 7. The van der Waals surface area contributed by atoms with Crippen molar-refractivity contribution in [3.8, 4) is 5.75 Å². The van der Waals surface area contributed by atoms with Crippen molar-refractivity contribution >= 4 is 17.5 Å². The van der Waals surface area contributed by atoms with Crippen LogP contribution in [0.5, 0.6) is 5.75 Å². The molecule has 0 atom stereocenters. The number of methoxy groups -OCH3 is 1. The van der Waals surface area contributed by atoms with Crippen molar-refractivity contribution in [3.05, 3.63) is 29.3 Å². The maximum absolute atomic E-state index is 12.0. The molecule has 2 rings (SSSR count). The minimum atomic E-state index is -0.145. The van der Waals surface area contributed by atoms with E-state index in [1.165, 1.54) is 0 Å². The molecule has 1 aromatic carbocycles. The van der Waals surface area contributed by atoms with Crippen LogP contribution >= 0.6 is 11.6 Å². The Hall–Kier alpha value is -1.30. The third-order valence-electron chi connectivity index (χ3n) is 3.97. The molecule has 1 fully saturated rings. The molecule has 1 aromatic rings. The predicted octanol–water partition coefficient (Wildman–Crippen LogP) is 1.85. The van der Waals surface area contributed by atoms with E-state index in [9.17, 15) is 4.79 Å². The van der Waals surface area contributed by atoms with Crippen LogP contribution in [-0.4, -0.2) is 45.9 Å². The van der Waals surface area contributed by atoms with Crippen molar-refractivity contribution in [1.29, 1.82) is 0 Å². The van der Waals surface area contributed by atoms with Gasteiger partial charge in [-0.05, 0) is 38.1 Å². The molecule has 22 heavy (non-hydrogen) atoms. The fourth-order valence-corrected chi connectivity index (χ4v) is 2.87. The number of carbonyl (C=O) groups excluding carboxylic acids is 1. The number of ether oxygens (including phenoxy) is 2. The van der Waals surface area contributed by atoms with Crippen molar-refractivity contribution in [2.24, 2.45) is 5.41 Å². The summed E-state index contributed by atoms with van der Waals surface area (Å²) in [7, 11) is 1.70. The van der Waals surface area contributed by atoms with E-state index >= 15 is 0 Å². The summed E-state index contributed by atoms with van der Waals surface area (Å²) >= 11 is 5.99. The van der Waals surface area contributed by atoms with Gasteiger partial charge in [-0.25, -0.2) is 0 Å². The first-order chi connectivity index (χ1) is 10.7. The molecule has 0 unspecified atom stereocenters. The highest BCUT2D eigenvalue weighted by Crippen LogP contribution is 2.28. The summed E-state index contributed by atoms with van der Waals surface area (Å²) in [6.45, 7) is 3.13. The number of halogens is 1. The highest BCUT2D eigenvalue weighted by molar-refractivity contribution is 6.32. The maximum atomic E-state index is 12.0. The third-order valence-corrected chi connectivity index (χ3v) is 4.28. The highest BCUT2D eigenvalue weighted by atomic mass is 35.5. The molecular formula is C16H23ClN2O3. The van der Waals surface area contributed by atoms with Crippen LogP contribution in [0.3, 0.4) is 0 Å². The Morgan fingerprint density at radius 3 is 2.77 bits per heavy atom. The zero-order valence-corrected chi connectivity index (χ0v) is 13.6. The first-order valence-corrected chi connectivity index (χ1v) is 7.87. The monoisotopic (exact) mass is 326 g/mol. The van der Waals surface area contributed by atoms with Crippen molar-refractivity contribution < 1.29 is 14.3 Å². The Balaban J connectivity index is 1.80. The lowest BCUT2D eigenvalue weighted by atomic mass is 9.79. The maximum Gasteiger partial charge on any atom is 0.257 e. The molecule has 0 radical (unpaired) electrons. The second-order valence-corrected chi connectivity index (χ2v) is 6.09. The zero-order chi connectivity index (χ0) is 15.8. The molecule has 0 bridgehead atoms. The van der Waals surface area contributed by atoms with Gasteiger partial charge < -0.3 is 20.1 Å². The smallest absolute Gasteiger partial charge is 0.257 e. The first-order valence-electron chi connectivity index (χ1n) is 7.49. The van der Waals surface area contributed by atoms with E-state index in [2.05, 4.69) is 10.6 Å². The summed E-state index contributed by atoms with van der Waals surface area (Å²) in [5, 5.41) is 6.79. The standard InChI is InChI=1S/C16H23ClN2O3/c1-21-12-16(6-8-18-9-7-16)11-19-15(20)10-22-14-5-3-2-4-13(14)17/h2-5,18H,6-12H2,1H3,(H,19,20). The van der Waals surface area contributed by atoms with Gasteiger partial charge in [-0.3, -0.25) is 4.79 Å². The van der Waals surface area contributed by atoms with Crippen molar-refractivity contribution in [2.45, 2.75) is 12.8 Å². The van der Waals surface area contributed by atoms with Gasteiger partial charge in [0.2, 0.25) is 0 Å². The van der Waals surface area contributed by atoms with Crippen molar-refractivity contribution in [3.63, 3.8) is 0 Å². The lowest BCUT2D eigenvalue weighted by Gasteiger charge is -2.37. The van der Waals surface area contributed by atoms with E-state index in [1.54, 1.807) is 19.2 Å². The Labute approximate surface area is 136 Å². The van der Waals surface area contributed by atoms with Crippen LogP contribution in [-0.2, 0) is 9.53 Å². The third kappa shape index (κ3) is 4.87. The van der Waals surface area contributed by atoms with Crippen molar-refractivity contribution in [2.75, 3.05) is 40.0 Å². The van der Waals surface area contributed by atoms with Gasteiger partial charge in [0.25, 0.3) is 5.91 Å². The summed E-state index contributed by atoms with van der Waals surface area (Å²) in [5.74, 6) is 0.377. The number of hydrogen-bond acceptors (Lipinski definition) is 4. The van der Waals surface area contributed by atoms with Crippen molar-refractivity contribution in [1.82, 2.24) is 10.6 Å². The molecule has 0 aliphatic carbocycles. The van der Waals surface area contributed by atoms with Gasteiger partial charge in [0.1, 0.15) is 5.75 Å². The van der Waals surface area contributed by atoms with E-state index in [4.69, 9.17) is 21.1 Å². The average molecular weight is 327 g/mol. The van der Waals surface area contributed by atoms with E-state index in [1.807, 2.05) is 12.1 Å². The number of piperidine rings is 1. The summed E-state index contributed by atoms with van der Waals surface area (Å²) in [6.07, 6.45) is 1.99. The van der Waals surface area contributed by atoms with Gasteiger partial charge in [-0.2, -0.15) is 0 Å². The van der Waals surface area contributed by atoms with E-state index in [-0.39, 0.29) is 17.9 Å². The van der Waals surface area contributed by atoms with Crippen LogP contribution in [0.15, 0.2) is 24.3 Å². The Morgan fingerprint density at radius 2 is 2.09 bits per heavy atom. The SMILES string of the molecule is COCC1(CNC(=O)COc2ccccc2Cl)CCNCC1. The van der Waals surface area contributed by atoms with Gasteiger partial charge in [0, 0.05) is 19.1 Å². The summed E-state index contributed by atoms with van der Waals surface area (Å²) in [5.41, 5.74) is 0.0139. The molecule has 6 heteroatoms. The van der Waals surface area contributed by atoms with E-state index < -0.39 is 0 Å². The molecule has 122 valence electrons. The molecule has 1 aliphatic heterocycles. The summed E-state index contributed by atoms with van der Waals surface area (Å²) < 4.78 is 10.8. The first kappa shape index (κ1) is 17.1. The van der Waals surface area contributed by atoms with Gasteiger partial charge >= 0.3 is 0 Å². The fraction of sp³-hybridized carbons (Fsp3) is 0.562. The molecule has 1 heterocycles. The number of carbonyl (C=O) groups is 1. The Kier molecular flexibility index (Phi) is 6.49. The lowest BCUT2D eigenvalue weighted by molar-refractivity contribution is -0.124. The second-order valence-electron chi connectivity index (χ2n) is 5.68. The van der Waals surface area contributed by atoms with Crippen LogP contribution in [0.25, 0.3) is 0 Å². The Bertz CT molecular complexity index is 485. The van der Waals surface area contributed by atoms with Crippen LogP contribution in [0.4, 0.5) is 0 Å². The molecule has 5 nitrogen and oxygen atoms in total. The van der Waals surface area contributed by atoms with Crippen LogP contribution in [0.2, 0.25) is 5.02 Å². The molecule has 1 saturated heterocycles. The number of hydrogen-bond donors (Lipinski definition) is 2. The van der Waals surface area contributed by atoms with Crippen LogP contribution < -0.4 is 15.4 Å². The highest BCUT2D eigenvalue weighted by Gasteiger charge is 2.32. The molecule has 0 spiro atoms. The topological polar surface area (TPSA) is 59.6 Å². The van der Waals surface area contributed by atoms with Gasteiger partial charge in [-0.15, -0.1) is 0 Å². The quantitative estimate of drug-likeness (QED) is 0.803. The van der Waals surface area contributed by atoms with Crippen LogP contribution in [0, 0.1) is 5.41 Å². The minimum Gasteiger partial charge on any atom is -0.482 e. The fourth-order valence-electron chi connectivity index (χ4n) is 2.68. The molecule has 2 N–H and O–H groups in total. The summed E-state index contributed by atoms with van der Waals surface area (Å²) in [4.78, 5) is 12.0. The number of benzene rings is 1. The second kappa shape index (κ2) is 8.36. The summed E-state index contributed by atoms with van der Waals surface area (Å²) in [6, 6.07) is 7.12. The number of para-hydroxylation sites is 1. The largest absolute Gasteiger partial charge is 0.482 e. The van der Waals surface area contributed by atoms with Gasteiger partial charge in [0.15, 0.2) is 6.61 Å². The normalized spacial score (nSPS) is 17.0. The van der Waals surface area contributed by atoms with Crippen LogP contribution in [0.1, 0.15) is 12.8 Å². The molecule has 0 aromatic heterocycles. The number of nitrogens with one attached hydrogen (secondary N) is 2. The van der Waals surface area contributed by atoms with E-state index in [0.29, 0.717) is 23.9 Å². The molecule has 1 aliphatic rings. The Morgan fingerprint density at radius 1 is 1.36 bits per heavy atom. The van der Waals surface area contributed by atoms with Gasteiger partial charge in [0.05, 0.1) is 11.6 Å². The molecular weight excluding hydrogens is 304 g/mol. The lowest BCUT2D eigenvalue weighted by Crippen LogP contribution is -2.47.